The maximum atomic E-state index is 5.55. The van der Waals surface area contributed by atoms with Gasteiger partial charge in [-0.25, -0.2) is 9.97 Å². The summed E-state index contributed by atoms with van der Waals surface area (Å²) in [5, 5.41) is 0. The van der Waals surface area contributed by atoms with Crippen molar-refractivity contribution in [3.63, 3.8) is 0 Å². The van der Waals surface area contributed by atoms with Gasteiger partial charge in [0.25, 0.3) is 0 Å². The van der Waals surface area contributed by atoms with Crippen LogP contribution in [0.3, 0.4) is 0 Å². The molecule has 0 aliphatic carbocycles. The molecule has 2 heterocycles. The van der Waals surface area contributed by atoms with Crippen molar-refractivity contribution in [2.45, 2.75) is 13.1 Å². The standard InChI is InChI=1S/C15H15BrN4O/c1-20(7-13-6-17-10-18-13)8-14-9-21-15(19-14)11-2-4-12(16)5-3-11/h2-6,9-10H,7-8H2,1H3,(H,17,18). The smallest absolute Gasteiger partial charge is 0.226 e. The van der Waals surface area contributed by atoms with Crippen molar-refractivity contribution in [1.82, 2.24) is 19.9 Å². The van der Waals surface area contributed by atoms with Gasteiger partial charge in [-0.2, -0.15) is 0 Å². The van der Waals surface area contributed by atoms with E-state index < -0.39 is 0 Å². The molecule has 2 aromatic heterocycles. The normalized spacial score (nSPS) is 11.2. The second-order valence-electron chi connectivity index (χ2n) is 4.90. The van der Waals surface area contributed by atoms with Gasteiger partial charge >= 0.3 is 0 Å². The Labute approximate surface area is 131 Å². The molecule has 0 bridgehead atoms. The van der Waals surface area contributed by atoms with Crippen molar-refractivity contribution in [2.24, 2.45) is 0 Å². The fourth-order valence-corrected chi connectivity index (χ4v) is 2.36. The van der Waals surface area contributed by atoms with E-state index in [0.717, 1.165) is 34.5 Å². The van der Waals surface area contributed by atoms with Crippen LogP contribution in [0.15, 0.2) is 51.9 Å². The van der Waals surface area contributed by atoms with Gasteiger partial charge in [0, 0.05) is 35.0 Å². The number of benzene rings is 1. The zero-order valence-electron chi connectivity index (χ0n) is 11.6. The Kier molecular flexibility index (Phi) is 4.17. The number of hydrogen-bond acceptors (Lipinski definition) is 4. The highest BCUT2D eigenvalue weighted by atomic mass is 79.9. The Balaban J connectivity index is 1.66. The SMILES string of the molecule is CN(Cc1coc(-c2ccc(Br)cc2)n1)Cc1cnc[nH]1. The van der Waals surface area contributed by atoms with Gasteiger partial charge in [-0.3, -0.25) is 4.90 Å². The van der Waals surface area contributed by atoms with Crippen LogP contribution in [-0.2, 0) is 13.1 Å². The molecule has 5 nitrogen and oxygen atoms in total. The van der Waals surface area contributed by atoms with E-state index in [1.807, 2.05) is 37.5 Å². The number of hydrogen-bond donors (Lipinski definition) is 1. The first kappa shape index (κ1) is 14.0. The highest BCUT2D eigenvalue weighted by Crippen LogP contribution is 2.21. The molecule has 0 atom stereocenters. The largest absolute Gasteiger partial charge is 0.444 e. The molecule has 21 heavy (non-hydrogen) atoms. The van der Waals surface area contributed by atoms with Crippen LogP contribution in [0, 0.1) is 0 Å². The second kappa shape index (κ2) is 6.24. The number of imidazole rings is 1. The van der Waals surface area contributed by atoms with Crippen molar-refractivity contribution in [3.05, 3.63) is 58.9 Å². The lowest BCUT2D eigenvalue weighted by molar-refractivity contribution is 0.311. The van der Waals surface area contributed by atoms with Crippen LogP contribution in [0.2, 0.25) is 0 Å². The number of aromatic amines is 1. The molecule has 0 aliphatic rings. The quantitative estimate of drug-likeness (QED) is 0.768. The first-order valence-electron chi connectivity index (χ1n) is 6.57. The predicted molar refractivity (Wildman–Crippen MR) is 83.4 cm³/mol. The molecule has 0 amide bonds. The van der Waals surface area contributed by atoms with Gasteiger partial charge in [-0.05, 0) is 31.3 Å². The Morgan fingerprint density at radius 3 is 2.76 bits per heavy atom. The highest BCUT2D eigenvalue weighted by Gasteiger charge is 2.09. The molecule has 108 valence electrons. The van der Waals surface area contributed by atoms with E-state index in [4.69, 9.17) is 4.42 Å². The lowest BCUT2D eigenvalue weighted by Crippen LogP contribution is -2.17. The lowest BCUT2D eigenvalue weighted by Gasteiger charge is -2.13. The molecule has 0 saturated carbocycles. The number of rotatable bonds is 5. The third kappa shape index (κ3) is 3.59. The first-order chi connectivity index (χ1) is 10.2. The van der Waals surface area contributed by atoms with E-state index in [0.29, 0.717) is 5.89 Å². The zero-order valence-corrected chi connectivity index (χ0v) is 13.2. The number of nitrogens with one attached hydrogen (secondary N) is 1. The van der Waals surface area contributed by atoms with Crippen LogP contribution in [0.4, 0.5) is 0 Å². The average molecular weight is 347 g/mol. The molecule has 0 spiro atoms. The van der Waals surface area contributed by atoms with Crippen LogP contribution in [0.5, 0.6) is 0 Å². The minimum atomic E-state index is 0.646. The molecular formula is C15H15BrN4O. The molecule has 3 aromatic rings. The topological polar surface area (TPSA) is 58.0 Å². The number of oxazole rings is 1. The van der Waals surface area contributed by atoms with Crippen molar-refractivity contribution in [2.75, 3.05) is 7.05 Å². The molecule has 6 heteroatoms. The summed E-state index contributed by atoms with van der Waals surface area (Å²) in [7, 11) is 2.04. The third-order valence-electron chi connectivity index (χ3n) is 3.07. The van der Waals surface area contributed by atoms with E-state index in [9.17, 15) is 0 Å². The maximum Gasteiger partial charge on any atom is 0.226 e. The Bertz CT molecular complexity index is 691. The van der Waals surface area contributed by atoms with Gasteiger partial charge in [0.2, 0.25) is 5.89 Å². The van der Waals surface area contributed by atoms with Gasteiger partial charge < -0.3 is 9.40 Å². The van der Waals surface area contributed by atoms with Crippen LogP contribution in [0.25, 0.3) is 11.5 Å². The maximum absolute atomic E-state index is 5.55. The van der Waals surface area contributed by atoms with Crippen molar-refractivity contribution >= 4 is 15.9 Å². The van der Waals surface area contributed by atoms with Crippen molar-refractivity contribution < 1.29 is 4.42 Å². The van der Waals surface area contributed by atoms with Crippen molar-refractivity contribution in [1.29, 1.82) is 0 Å². The molecule has 1 aromatic carbocycles. The summed E-state index contributed by atoms with van der Waals surface area (Å²) in [6.45, 7) is 1.51. The summed E-state index contributed by atoms with van der Waals surface area (Å²) >= 11 is 3.42. The summed E-state index contributed by atoms with van der Waals surface area (Å²) in [4.78, 5) is 13.8. The number of H-pyrrole nitrogens is 1. The molecule has 0 aliphatic heterocycles. The molecule has 0 radical (unpaired) electrons. The number of nitrogens with zero attached hydrogens (tertiary/aromatic N) is 3. The van der Waals surface area contributed by atoms with Crippen LogP contribution in [0.1, 0.15) is 11.4 Å². The van der Waals surface area contributed by atoms with Crippen LogP contribution >= 0.6 is 15.9 Å². The van der Waals surface area contributed by atoms with E-state index in [2.05, 4.69) is 35.8 Å². The molecular weight excluding hydrogens is 332 g/mol. The molecule has 0 saturated heterocycles. The summed E-state index contributed by atoms with van der Waals surface area (Å²) in [6, 6.07) is 7.91. The molecule has 0 unspecified atom stereocenters. The third-order valence-corrected chi connectivity index (χ3v) is 3.60. The fourth-order valence-electron chi connectivity index (χ4n) is 2.10. The Morgan fingerprint density at radius 1 is 1.24 bits per heavy atom. The summed E-state index contributed by atoms with van der Waals surface area (Å²) in [5.74, 6) is 0.646. The summed E-state index contributed by atoms with van der Waals surface area (Å²) < 4.78 is 6.59. The minimum Gasteiger partial charge on any atom is -0.444 e. The van der Waals surface area contributed by atoms with Gasteiger partial charge in [0.15, 0.2) is 0 Å². The van der Waals surface area contributed by atoms with Gasteiger partial charge in [0.1, 0.15) is 6.26 Å². The van der Waals surface area contributed by atoms with Crippen LogP contribution in [-0.4, -0.2) is 26.9 Å². The minimum absolute atomic E-state index is 0.646. The monoisotopic (exact) mass is 346 g/mol. The van der Waals surface area contributed by atoms with E-state index >= 15 is 0 Å². The van der Waals surface area contributed by atoms with E-state index in [1.54, 1.807) is 12.6 Å². The fraction of sp³-hybridized carbons (Fsp3) is 0.200. The summed E-state index contributed by atoms with van der Waals surface area (Å²) in [6.07, 6.45) is 5.22. The predicted octanol–water partition coefficient (Wildman–Crippen LogP) is 3.46. The zero-order chi connectivity index (χ0) is 14.7. The number of halogens is 1. The molecule has 3 rings (SSSR count). The van der Waals surface area contributed by atoms with Gasteiger partial charge in [-0.1, -0.05) is 15.9 Å². The first-order valence-corrected chi connectivity index (χ1v) is 7.36. The highest BCUT2D eigenvalue weighted by molar-refractivity contribution is 9.10. The average Bonchev–Trinajstić information content (AvgIpc) is 3.11. The van der Waals surface area contributed by atoms with Crippen LogP contribution < -0.4 is 0 Å². The molecule has 0 fully saturated rings. The summed E-state index contributed by atoms with van der Waals surface area (Å²) in [5.41, 5.74) is 2.96. The van der Waals surface area contributed by atoms with E-state index in [1.165, 1.54) is 0 Å². The Hall–Kier alpha value is -1.92. The van der Waals surface area contributed by atoms with E-state index in [-0.39, 0.29) is 0 Å². The van der Waals surface area contributed by atoms with Crippen molar-refractivity contribution in [3.8, 4) is 11.5 Å². The second-order valence-corrected chi connectivity index (χ2v) is 5.82. The molecule has 1 N–H and O–H groups in total. The van der Waals surface area contributed by atoms with Gasteiger partial charge in [0.05, 0.1) is 12.0 Å². The lowest BCUT2D eigenvalue weighted by atomic mass is 10.2. The number of aromatic nitrogens is 3. The van der Waals surface area contributed by atoms with Gasteiger partial charge in [-0.15, -0.1) is 0 Å². The Morgan fingerprint density at radius 2 is 2.05 bits per heavy atom.